The van der Waals surface area contributed by atoms with Gasteiger partial charge in [0.15, 0.2) is 12.2 Å². The molecule has 0 spiro atoms. The van der Waals surface area contributed by atoms with Gasteiger partial charge in [0.2, 0.25) is 17.2 Å². The van der Waals surface area contributed by atoms with Crippen LogP contribution >= 0.6 is 61.3 Å². The smallest absolute Gasteiger partial charge is 0.465 e. The van der Waals surface area contributed by atoms with Gasteiger partial charge in [-0.05, 0) is 238 Å². The topological polar surface area (TPSA) is 460 Å². The van der Waals surface area contributed by atoms with Crippen LogP contribution in [0.2, 0.25) is 0 Å². The highest BCUT2D eigenvalue weighted by Crippen LogP contribution is 2.40. The number of aliphatic hydroxyl groups excluding tert-OH is 2. The minimum Gasteiger partial charge on any atom is -0.465 e. The molecule has 0 saturated carbocycles. The number of hydrogen-bond acceptors (Lipinski definition) is 25. The molecule has 30 nitrogen and oxygen atoms in total. The minimum atomic E-state index is -1.88. The summed E-state index contributed by atoms with van der Waals surface area (Å²) in [6.07, 6.45) is -5.99. The number of carbonyl (C=O) groups excluding carboxylic acids is 8. The van der Waals surface area contributed by atoms with Gasteiger partial charge in [0, 0.05) is 54.1 Å². The number of ether oxygens (including phenoxy) is 4. The molecule has 12 N–H and O–H groups in total. The summed E-state index contributed by atoms with van der Waals surface area (Å²) in [7, 11) is -1.48. The van der Waals surface area contributed by atoms with Crippen LogP contribution in [0.3, 0.4) is 0 Å². The number of nitrogens with zero attached hydrogens (tertiary/aromatic N) is 6. The highest BCUT2D eigenvalue weighted by Gasteiger charge is 2.45. The van der Waals surface area contributed by atoms with Crippen molar-refractivity contribution < 1.29 is 87.5 Å². The fourth-order valence-electron chi connectivity index (χ4n) is 15.7. The summed E-state index contributed by atoms with van der Waals surface area (Å²) in [5, 5.41) is 96.4. The van der Waals surface area contributed by atoms with Gasteiger partial charge in [-0.2, -0.15) is 27.1 Å². The number of nitrogens with one attached hydrogen (secondary N) is 5. The van der Waals surface area contributed by atoms with E-state index in [2.05, 4.69) is 65.6 Å². The number of rotatable bonds is 26. The summed E-state index contributed by atoms with van der Waals surface area (Å²) < 4.78 is 22.1. The van der Waals surface area contributed by atoms with Crippen molar-refractivity contribution in [1.29, 1.82) is 15.8 Å². The third-order valence-corrected chi connectivity index (χ3v) is 27.0. The first-order valence-electron chi connectivity index (χ1n) is 47.2. The van der Waals surface area contributed by atoms with Crippen LogP contribution < -0.4 is 37.8 Å². The molecule has 0 radical (unpaired) electrons. The number of benzene rings is 8. The Morgan fingerprint density at radius 1 is 0.442 bits per heavy atom. The third kappa shape index (κ3) is 34.9. The first kappa shape index (κ1) is 116. The van der Waals surface area contributed by atoms with E-state index in [0.29, 0.717) is 39.7 Å². The summed E-state index contributed by atoms with van der Waals surface area (Å²) in [4.78, 5) is 120. The molecule has 36 heteroatoms. The molecule has 2 saturated heterocycles. The second-order valence-electron chi connectivity index (χ2n) is 36.5. The molecular formula is C111H120BBrN12O18S4. The van der Waals surface area contributed by atoms with Crippen LogP contribution in [0.15, 0.2) is 257 Å². The van der Waals surface area contributed by atoms with Gasteiger partial charge >= 0.3 is 37.3 Å². The number of likely N-dealkylation sites (tertiary alicyclic amines) is 2. The lowest BCUT2D eigenvalue weighted by atomic mass is 9.80. The molecule has 2 aliphatic rings. The number of esters is 2. The fraction of sp³-hybridized carbons (Fsp3) is 0.306. The molecule has 8 aromatic carbocycles. The molecule has 7 amide bonds. The van der Waals surface area contributed by atoms with Crippen LogP contribution in [-0.2, 0) is 47.7 Å². The Bertz CT molecular complexity index is 6570. The van der Waals surface area contributed by atoms with Gasteiger partial charge in [-0.25, -0.2) is 19.2 Å². The average molecular weight is 2130 g/mol. The van der Waals surface area contributed by atoms with Crippen molar-refractivity contribution in [3.05, 3.63) is 327 Å². The van der Waals surface area contributed by atoms with Crippen LogP contribution in [0.25, 0.3) is 49.4 Å². The van der Waals surface area contributed by atoms with Crippen LogP contribution in [-0.4, -0.2) is 145 Å². The van der Waals surface area contributed by atoms with Gasteiger partial charge in [0.05, 0.1) is 48.9 Å². The number of carboxylic acid groups (broad SMARTS) is 1. The number of alkyl carbamates (subject to hydrolysis) is 2. The van der Waals surface area contributed by atoms with Crippen LogP contribution in [0.1, 0.15) is 230 Å². The van der Waals surface area contributed by atoms with Crippen molar-refractivity contribution in [3.63, 3.8) is 0 Å². The third-order valence-electron chi connectivity index (χ3n) is 23.2. The van der Waals surface area contributed by atoms with E-state index < -0.39 is 109 Å². The molecule has 0 bridgehead atoms. The molecule has 0 aliphatic carbocycles. The lowest BCUT2D eigenvalue weighted by molar-refractivity contribution is -0.178. The molecule has 6 heterocycles. The molecule has 12 atom stereocenters. The van der Waals surface area contributed by atoms with E-state index in [4.69, 9.17) is 56.9 Å². The normalized spacial score (nSPS) is 14.9. The molecule has 766 valence electrons. The predicted octanol–water partition coefficient (Wildman–Crippen LogP) is 20.8. The first-order chi connectivity index (χ1) is 69.9. The number of nitriles is 3. The Hall–Kier alpha value is -14.5. The first-order valence-corrected chi connectivity index (χ1v) is 51.5. The SMILES string of the molecule is CC(=O)OC(C(=O)N[C@H](C)c1ccc(-c2ccsc2C#N)cc1)C(OC(C)=O)C(=O)N1CCCC1c1ccccc1.C[C@@H](N)c1ccc(-c2ccsc2C#N)cc1.C[C@@H](NC(=O)O)c1ccc(Br)cc1.C[C@@H](NC(=O)OC(C)(C)C)c1ccc(-c2ccsc2C#N)cc1.C[C@@H](NC(=O)OC(C)(C)C)c1ccc(B(O)O)cc1.[C-]#[N+]c1sccc1-c1ccc([C@@H](C)NC(=O)[C@H](O)[C@@H](O)C(=O)N2CCCC2c2ccccc2)cc1. The number of amides is 7. The lowest BCUT2D eigenvalue weighted by Crippen LogP contribution is -2.54. The van der Waals surface area contributed by atoms with Crippen LogP contribution in [0.4, 0.5) is 19.4 Å². The summed E-state index contributed by atoms with van der Waals surface area (Å²) in [5.41, 5.74) is 19.9. The maximum absolute atomic E-state index is 13.8. The standard InChI is InChI=1S/C31H31N3O6S.C27H27N3O4S.C18H20N2O2S.C13H20BNO4.C13H12N2S.C9H10BrNO2/c1-19(22-11-13-23(14-12-22)25-15-17-41-27(25)18-32)33-30(37)28(39-20(2)35)29(40-21(3)36)31(38)34-16-7-10-26(34)24-8-5-4-6-9-24;1-17(18-10-12-19(13-11-18)21-14-16-35-26(21)28-2)29-25(33)23(31)24(32)27(34)30-15-6-9-22(30)20-7-4-3-5-8-20;1-12(20-17(21)22-18(2,3)4)13-5-7-14(8-6-13)15-9-10-23-16(15)11-19;1-9(15-12(16)19-13(2,3)4)10-5-7-11(8-6-10)14(17)18;1-9(15)10-2-4-11(5-3-10)12-6-7-16-13(12)8-14;1-6(11-9(12)13)7-2-4-8(10)5-3-7/h4-6,8-9,11-15,17,19,26,28-29H,7,10,16H2,1-3H3,(H,33,37);3-5,7-8,10-14,16-17,22-24,31-32H,6,9,15H2,1H3,(H,29,33);5-10,12H,1-4H3,(H,20,21);5-9,17-18H,1-4H3,(H,15,16);2-7,9H,15H2,1H3;2-6,11H,1H3,(H,12,13)/t19-,26?,28?,29?;17-,22?,23-,24-;12-;2*9-;6-/m111111/s1. The largest absolute Gasteiger partial charge is 0.488 e. The number of halogens is 1. The zero-order chi connectivity index (χ0) is 108. The molecule has 2 aliphatic heterocycles. The average Bonchev–Trinajstić information content (AvgIpc) is 1.76. The highest BCUT2D eigenvalue weighted by molar-refractivity contribution is 9.10. The number of nitrogens with two attached hydrogens (primary N) is 1. The summed E-state index contributed by atoms with van der Waals surface area (Å²) >= 11 is 8.96. The van der Waals surface area contributed by atoms with Crippen molar-refractivity contribution in [3.8, 4) is 62.7 Å². The predicted molar refractivity (Wildman–Crippen MR) is 574 cm³/mol. The van der Waals surface area contributed by atoms with Gasteiger partial charge in [-0.3, -0.25) is 28.8 Å². The second-order valence-corrected chi connectivity index (χ2v) is 41.0. The molecular weight excluding hydrogens is 2010 g/mol. The van der Waals surface area contributed by atoms with Crippen molar-refractivity contribution in [2.45, 2.75) is 207 Å². The van der Waals surface area contributed by atoms with Gasteiger partial charge in [-0.15, -0.1) is 34.0 Å². The van der Waals surface area contributed by atoms with E-state index in [9.17, 15) is 58.6 Å². The van der Waals surface area contributed by atoms with Gasteiger partial charge in [0.25, 0.3) is 23.6 Å². The van der Waals surface area contributed by atoms with Crippen molar-refractivity contribution >= 4 is 133 Å². The van der Waals surface area contributed by atoms with Crippen molar-refractivity contribution in [2.24, 2.45) is 5.73 Å². The lowest BCUT2D eigenvalue weighted by Gasteiger charge is -2.32. The Labute approximate surface area is 881 Å². The Morgan fingerprint density at radius 3 is 1.12 bits per heavy atom. The Kier molecular flexibility index (Phi) is 44.0. The number of aliphatic hydroxyl groups is 2. The van der Waals surface area contributed by atoms with Gasteiger partial charge in [-0.1, -0.05) is 216 Å². The maximum atomic E-state index is 13.8. The minimum absolute atomic E-state index is 0.0481. The fourth-order valence-corrected chi connectivity index (χ4v) is 18.8. The number of carbonyl (C=O) groups is 9. The van der Waals surface area contributed by atoms with Crippen LogP contribution in [0, 0.1) is 40.6 Å². The molecule has 4 aromatic heterocycles. The second kappa shape index (κ2) is 55.7. The van der Waals surface area contributed by atoms with E-state index >= 15 is 0 Å². The van der Waals surface area contributed by atoms with E-state index in [1.807, 2.05) is 269 Å². The monoisotopic (exact) mass is 2130 g/mol. The van der Waals surface area contributed by atoms with Gasteiger partial charge in [0.1, 0.15) is 44.0 Å². The van der Waals surface area contributed by atoms with E-state index in [-0.39, 0.29) is 36.3 Å². The Morgan fingerprint density at radius 2 is 0.769 bits per heavy atom. The van der Waals surface area contributed by atoms with Crippen molar-refractivity contribution in [2.75, 3.05) is 13.1 Å². The zero-order valence-corrected chi connectivity index (χ0v) is 88.7. The number of hydrogen-bond donors (Lipinski definition) is 11. The van der Waals surface area contributed by atoms with Crippen LogP contribution in [0.5, 0.6) is 0 Å². The molecule has 2 fully saturated rings. The molecule has 4 unspecified atom stereocenters. The van der Waals surface area contributed by atoms with Gasteiger partial charge < -0.3 is 86.4 Å². The highest BCUT2D eigenvalue weighted by atomic mass is 79.9. The molecule has 12 aromatic rings. The molecule has 147 heavy (non-hydrogen) atoms. The summed E-state index contributed by atoms with van der Waals surface area (Å²) in [6.45, 7) is 32.3. The summed E-state index contributed by atoms with van der Waals surface area (Å²) in [6, 6.07) is 76.3. The summed E-state index contributed by atoms with van der Waals surface area (Å²) in [5.74, 6) is -4.41. The Balaban J connectivity index is 0.000000205. The van der Waals surface area contributed by atoms with E-state index in [1.165, 1.54) is 45.3 Å². The number of thiophene rings is 4. The van der Waals surface area contributed by atoms with E-state index in [0.717, 1.165) is 131 Å². The maximum Gasteiger partial charge on any atom is 0.488 e. The molecule has 14 rings (SSSR count). The van der Waals surface area contributed by atoms with E-state index in [1.54, 1.807) is 75.6 Å². The quantitative estimate of drug-likeness (QED) is 0.0104. The zero-order valence-electron chi connectivity index (χ0n) is 83.8. The van der Waals surface area contributed by atoms with Crippen molar-refractivity contribution in [1.82, 2.24) is 36.4 Å².